The van der Waals surface area contributed by atoms with E-state index < -0.39 is 5.82 Å². The van der Waals surface area contributed by atoms with Crippen LogP contribution in [0.25, 0.3) is 0 Å². The first kappa shape index (κ1) is 27.2. The van der Waals surface area contributed by atoms with E-state index in [1.165, 1.54) is 12.1 Å². The number of nitrogens with zero attached hydrogens (tertiary/aromatic N) is 3. The molecule has 2 N–H and O–H groups in total. The lowest BCUT2D eigenvalue weighted by Gasteiger charge is -2.35. The minimum absolute atomic E-state index is 0. The van der Waals surface area contributed by atoms with Gasteiger partial charge in [0.15, 0.2) is 0 Å². The number of nitrogens with one attached hydrogen (secondary N) is 2. The maximum atomic E-state index is 14.4. The Kier molecular flexibility index (Phi) is 8.89. The maximum Gasteiger partial charge on any atom is 0.254 e. The van der Waals surface area contributed by atoms with E-state index in [0.717, 1.165) is 62.7 Å². The van der Waals surface area contributed by atoms with Crippen LogP contribution in [0.3, 0.4) is 0 Å². The molecule has 8 nitrogen and oxygen atoms in total. The summed E-state index contributed by atoms with van der Waals surface area (Å²) < 4.78 is 20.4. The number of hydrogen-bond donors (Lipinski definition) is 2. The van der Waals surface area contributed by atoms with Crippen LogP contribution < -0.4 is 20.3 Å². The Hall–Kier alpha value is -2.88. The molecule has 0 spiro atoms. The van der Waals surface area contributed by atoms with Gasteiger partial charge in [0.25, 0.3) is 11.8 Å². The molecule has 3 fully saturated rings. The second-order valence-corrected chi connectivity index (χ2v) is 9.73. The molecule has 2 aromatic carbocycles. The number of rotatable bonds is 5. The molecular formula is C27H35ClFN5O3. The van der Waals surface area contributed by atoms with Gasteiger partial charge in [-0.05, 0) is 61.9 Å². The molecule has 200 valence electrons. The zero-order valence-electron chi connectivity index (χ0n) is 21.2. The van der Waals surface area contributed by atoms with Crippen LogP contribution in [0, 0.1) is 12.7 Å². The molecule has 1 unspecified atom stereocenters. The van der Waals surface area contributed by atoms with E-state index in [1.807, 2.05) is 25.1 Å². The molecular weight excluding hydrogens is 497 g/mol. The third-order valence-electron chi connectivity index (χ3n) is 7.20. The first-order valence-corrected chi connectivity index (χ1v) is 12.8. The quantitative estimate of drug-likeness (QED) is 0.616. The molecule has 0 saturated carbocycles. The van der Waals surface area contributed by atoms with Crippen molar-refractivity contribution in [2.45, 2.75) is 19.4 Å². The van der Waals surface area contributed by atoms with E-state index >= 15 is 0 Å². The molecule has 5 rings (SSSR count). The van der Waals surface area contributed by atoms with Crippen LogP contribution >= 0.6 is 12.4 Å². The Balaban J connectivity index is 0.00000320. The molecule has 3 aliphatic rings. The van der Waals surface area contributed by atoms with Crippen LogP contribution in [0.1, 0.15) is 32.7 Å². The molecule has 0 aliphatic carbocycles. The van der Waals surface area contributed by atoms with Crippen LogP contribution in [0.2, 0.25) is 0 Å². The van der Waals surface area contributed by atoms with Crippen molar-refractivity contribution in [3.8, 4) is 5.75 Å². The lowest BCUT2D eigenvalue weighted by Crippen LogP contribution is -2.50. The second-order valence-electron chi connectivity index (χ2n) is 9.73. The Morgan fingerprint density at radius 1 is 0.865 bits per heavy atom. The van der Waals surface area contributed by atoms with Gasteiger partial charge in [0.1, 0.15) is 17.7 Å². The van der Waals surface area contributed by atoms with E-state index in [2.05, 4.69) is 15.5 Å². The van der Waals surface area contributed by atoms with E-state index in [9.17, 15) is 14.0 Å². The highest BCUT2D eigenvalue weighted by atomic mass is 35.5. The van der Waals surface area contributed by atoms with Gasteiger partial charge in [-0.15, -0.1) is 12.4 Å². The fourth-order valence-corrected chi connectivity index (χ4v) is 5.10. The van der Waals surface area contributed by atoms with Crippen molar-refractivity contribution in [1.82, 2.24) is 20.4 Å². The third-order valence-corrected chi connectivity index (χ3v) is 7.20. The molecule has 37 heavy (non-hydrogen) atoms. The lowest BCUT2D eigenvalue weighted by atomic mass is 10.1. The van der Waals surface area contributed by atoms with Gasteiger partial charge in [-0.25, -0.2) is 4.39 Å². The van der Waals surface area contributed by atoms with E-state index in [1.54, 1.807) is 15.9 Å². The predicted molar refractivity (Wildman–Crippen MR) is 144 cm³/mol. The van der Waals surface area contributed by atoms with Crippen LogP contribution in [0.4, 0.5) is 10.1 Å². The van der Waals surface area contributed by atoms with Gasteiger partial charge in [-0.2, -0.15) is 0 Å². The van der Waals surface area contributed by atoms with Gasteiger partial charge in [0.2, 0.25) is 0 Å². The zero-order chi connectivity index (χ0) is 25.1. The standard InChI is InChI=1S/C27H34FN5O3.ClH/c1-19-14-20(2-3-25(19)36-24-4-5-30-18-24)26(34)32-10-12-33(13-11-32)27(35)21-15-22(28)17-23(16-21)31-8-6-29-7-9-31;/h2-3,14-17,24,29-30H,4-13,18H2,1H3;1H. The summed E-state index contributed by atoms with van der Waals surface area (Å²) in [6.07, 6.45) is 1.15. The largest absolute Gasteiger partial charge is 0.489 e. The predicted octanol–water partition coefficient (Wildman–Crippen LogP) is 2.30. The molecule has 0 bridgehead atoms. The number of aryl methyl sites for hydroxylation is 1. The van der Waals surface area contributed by atoms with Gasteiger partial charge in [0, 0.05) is 75.7 Å². The number of carbonyl (C=O) groups is 2. The Bertz CT molecular complexity index is 1110. The molecule has 1 atom stereocenters. The topological polar surface area (TPSA) is 77.2 Å². The number of halogens is 2. The fraction of sp³-hybridized carbons (Fsp3) is 0.481. The number of benzene rings is 2. The molecule has 3 heterocycles. The zero-order valence-corrected chi connectivity index (χ0v) is 22.0. The monoisotopic (exact) mass is 531 g/mol. The molecule has 3 saturated heterocycles. The third kappa shape index (κ3) is 6.34. The minimum Gasteiger partial charge on any atom is -0.489 e. The summed E-state index contributed by atoms with van der Waals surface area (Å²) in [5, 5.41) is 6.57. The molecule has 2 amide bonds. The highest BCUT2D eigenvalue weighted by Gasteiger charge is 2.27. The van der Waals surface area contributed by atoms with Gasteiger partial charge in [-0.1, -0.05) is 0 Å². The lowest BCUT2D eigenvalue weighted by molar-refractivity contribution is 0.0535. The Morgan fingerprint density at radius 2 is 1.54 bits per heavy atom. The van der Waals surface area contributed by atoms with Gasteiger partial charge in [0.05, 0.1) is 0 Å². The van der Waals surface area contributed by atoms with Crippen molar-refractivity contribution in [2.24, 2.45) is 0 Å². The Labute approximate surface area is 223 Å². The van der Waals surface area contributed by atoms with Gasteiger partial charge >= 0.3 is 0 Å². The highest BCUT2D eigenvalue weighted by molar-refractivity contribution is 5.96. The Morgan fingerprint density at radius 3 is 2.16 bits per heavy atom. The summed E-state index contributed by atoms with van der Waals surface area (Å²) >= 11 is 0. The van der Waals surface area contributed by atoms with Crippen molar-refractivity contribution in [3.05, 3.63) is 58.9 Å². The summed E-state index contributed by atoms with van der Waals surface area (Å²) in [5.41, 5.74) is 2.65. The smallest absolute Gasteiger partial charge is 0.254 e. The number of carbonyl (C=O) groups excluding carboxylic acids is 2. The minimum atomic E-state index is -0.407. The normalized spacial score (nSPS) is 19.9. The van der Waals surface area contributed by atoms with Gasteiger partial charge < -0.3 is 30.1 Å². The first-order valence-electron chi connectivity index (χ1n) is 12.8. The molecule has 0 aromatic heterocycles. The van der Waals surface area contributed by atoms with Crippen molar-refractivity contribution >= 4 is 29.9 Å². The molecule has 10 heteroatoms. The number of amides is 2. The molecule has 0 radical (unpaired) electrons. The van der Waals surface area contributed by atoms with Crippen LogP contribution in [-0.4, -0.2) is 93.2 Å². The highest BCUT2D eigenvalue weighted by Crippen LogP contribution is 2.24. The van der Waals surface area contributed by atoms with Gasteiger partial charge in [-0.3, -0.25) is 9.59 Å². The van der Waals surface area contributed by atoms with Crippen molar-refractivity contribution in [1.29, 1.82) is 0 Å². The van der Waals surface area contributed by atoms with Crippen LogP contribution in [0.5, 0.6) is 5.75 Å². The van der Waals surface area contributed by atoms with E-state index in [-0.39, 0.29) is 30.3 Å². The summed E-state index contributed by atoms with van der Waals surface area (Å²) in [6.45, 7) is 8.71. The van der Waals surface area contributed by atoms with E-state index in [0.29, 0.717) is 37.3 Å². The summed E-state index contributed by atoms with van der Waals surface area (Å²) in [5.74, 6) is 0.156. The summed E-state index contributed by atoms with van der Waals surface area (Å²) in [6, 6.07) is 10.1. The molecule has 3 aliphatic heterocycles. The fourth-order valence-electron chi connectivity index (χ4n) is 5.10. The second kappa shape index (κ2) is 12.1. The van der Waals surface area contributed by atoms with Crippen molar-refractivity contribution in [2.75, 3.05) is 70.3 Å². The number of anilines is 1. The average Bonchev–Trinajstić information content (AvgIpc) is 3.42. The first-order chi connectivity index (χ1) is 17.5. The van der Waals surface area contributed by atoms with Crippen LogP contribution in [-0.2, 0) is 0 Å². The SMILES string of the molecule is Cc1cc(C(=O)N2CCN(C(=O)c3cc(F)cc(N4CCNCC4)c3)CC2)ccc1OC1CCNC1.Cl. The average molecular weight is 532 g/mol. The number of piperazine rings is 2. The maximum absolute atomic E-state index is 14.4. The summed E-state index contributed by atoms with van der Waals surface area (Å²) in [4.78, 5) is 31.9. The molecule has 2 aromatic rings. The summed E-state index contributed by atoms with van der Waals surface area (Å²) in [7, 11) is 0. The van der Waals surface area contributed by atoms with Crippen LogP contribution in [0.15, 0.2) is 36.4 Å². The number of ether oxygens (including phenoxy) is 1. The number of hydrogen-bond acceptors (Lipinski definition) is 6. The van der Waals surface area contributed by atoms with Crippen molar-refractivity contribution in [3.63, 3.8) is 0 Å². The van der Waals surface area contributed by atoms with E-state index in [4.69, 9.17) is 4.74 Å². The van der Waals surface area contributed by atoms with Crippen molar-refractivity contribution < 1.29 is 18.7 Å².